The number of alkyl carbamates (subject to hydrolysis) is 1. The van der Waals surface area contributed by atoms with E-state index in [0.717, 1.165) is 11.1 Å². The van der Waals surface area contributed by atoms with Crippen LogP contribution in [0.3, 0.4) is 0 Å². The number of rotatable bonds is 8. The lowest BCUT2D eigenvalue weighted by Gasteiger charge is -2.35. The van der Waals surface area contributed by atoms with E-state index < -0.39 is 17.7 Å². The molecule has 9 heteroatoms. The molecule has 9 nitrogen and oxygen atoms in total. The number of esters is 1. The van der Waals surface area contributed by atoms with Crippen LogP contribution in [-0.2, 0) is 14.3 Å². The third-order valence-electron chi connectivity index (χ3n) is 5.22. The summed E-state index contributed by atoms with van der Waals surface area (Å²) in [5.74, 6) is 0.251. The lowest BCUT2D eigenvalue weighted by molar-refractivity contribution is -0.149. The smallest absolute Gasteiger partial charge is 0.407 e. The van der Waals surface area contributed by atoms with Gasteiger partial charge in [0.1, 0.15) is 11.7 Å². The van der Waals surface area contributed by atoms with E-state index in [0.29, 0.717) is 25.3 Å². The zero-order valence-corrected chi connectivity index (χ0v) is 20.2. The molecule has 1 aliphatic carbocycles. The molecule has 1 N–H and O–H groups in total. The zero-order chi connectivity index (χ0) is 24.2. The number of aromatic nitrogens is 3. The minimum Gasteiger partial charge on any atom is -0.474 e. The molecule has 0 aromatic carbocycles. The summed E-state index contributed by atoms with van der Waals surface area (Å²) in [4.78, 5) is 28.5. The van der Waals surface area contributed by atoms with Gasteiger partial charge in [-0.15, -0.1) is 0 Å². The highest BCUT2D eigenvalue weighted by atomic mass is 16.6. The summed E-state index contributed by atoms with van der Waals surface area (Å²) in [6.45, 7) is 11.6. The molecule has 2 heterocycles. The second-order valence-electron chi connectivity index (χ2n) is 9.59. The maximum atomic E-state index is 12.4. The number of carbonyl (C=O) groups is 2. The second kappa shape index (κ2) is 10.2. The predicted octanol–water partition coefficient (Wildman–Crippen LogP) is 4.14. The normalized spacial score (nSPS) is 18.9. The predicted molar refractivity (Wildman–Crippen MR) is 123 cm³/mol. The SMILES string of the molecule is CCOC(=O)C(C(C)C)n1cc(-c2ccnc(O[C@H]3C[C@@H](NC(=O)OC(C)(C)C)C3)c2)cn1. The Morgan fingerprint density at radius 1 is 1.24 bits per heavy atom. The van der Waals surface area contributed by atoms with Gasteiger partial charge in [-0.2, -0.15) is 5.10 Å². The fourth-order valence-corrected chi connectivity index (χ4v) is 3.63. The van der Waals surface area contributed by atoms with Gasteiger partial charge >= 0.3 is 12.1 Å². The molecule has 2 aromatic rings. The van der Waals surface area contributed by atoms with Crippen LogP contribution in [0, 0.1) is 5.92 Å². The van der Waals surface area contributed by atoms with E-state index in [1.165, 1.54) is 0 Å². The molecule has 0 saturated heterocycles. The number of ether oxygens (including phenoxy) is 3. The first-order valence-electron chi connectivity index (χ1n) is 11.4. The quantitative estimate of drug-likeness (QED) is 0.593. The summed E-state index contributed by atoms with van der Waals surface area (Å²) in [6.07, 6.45) is 6.19. The highest BCUT2D eigenvalue weighted by molar-refractivity contribution is 5.75. The minimum atomic E-state index is -0.520. The molecule has 1 atom stereocenters. The second-order valence-corrected chi connectivity index (χ2v) is 9.59. The Kier molecular flexibility index (Phi) is 7.61. The van der Waals surface area contributed by atoms with Crippen LogP contribution >= 0.6 is 0 Å². The Bertz CT molecular complexity index is 960. The van der Waals surface area contributed by atoms with Crippen molar-refractivity contribution in [1.29, 1.82) is 0 Å². The molecular formula is C24H34N4O5. The van der Waals surface area contributed by atoms with Crippen LogP contribution in [0.15, 0.2) is 30.7 Å². The largest absolute Gasteiger partial charge is 0.474 e. The summed E-state index contributed by atoms with van der Waals surface area (Å²) in [5.41, 5.74) is 1.23. The van der Waals surface area contributed by atoms with Crippen LogP contribution in [-0.4, -0.2) is 51.2 Å². The van der Waals surface area contributed by atoms with Crippen molar-refractivity contribution in [3.63, 3.8) is 0 Å². The summed E-state index contributed by atoms with van der Waals surface area (Å²) in [7, 11) is 0. The number of nitrogens with zero attached hydrogens (tertiary/aromatic N) is 3. The minimum absolute atomic E-state index is 0.0236. The van der Waals surface area contributed by atoms with Gasteiger partial charge in [-0.05, 0) is 45.2 Å². The molecular weight excluding hydrogens is 424 g/mol. The summed E-state index contributed by atoms with van der Waals surface area (Å²) < 4.78 is 18.1. The molecule has 33 heavy (non-hydrogen) atoms. The molecule has 0 aliphatic heterocycles. The lowest BCUT2D eigenvalue weighted by atomic mass is 9.89. The highest BCUT2D eigenvalue weighted by Crippen LogP contribution is 2.29. The van der Waals surface area contributed by atoms with Crippen molar-refractivity contribution in [2.75, 3.05) is 6.61 Å². The number of amides is 1. The molecule has 0 bridgehead atoms. The van der Waals surface area contributed by atoms with Gasteiger partial charge in [-0.3, -0.25) is 4.68 Å². The van der Waals surface area contributed by atoms with Gasteiger partial charge in [0, 0.05) is 42.9 Å². The Labute approximate surface area is 194 Å². The first-order valence-corrected chi connectivity index (χ1v) is 11.4. The molecule has 1 aliphatic rings. The third kappa shape index (κ3) is 6.69. The Hall–Kier alpha value is -3.10. The number of hydrogen-bond acceptors (Lipinski definition) is 7. The van der Waals surface area contributed by atoms with Crippen LogP contribution in [0.5, 0.6) is 5.88 Å². The van der Waals surface area contributed by atoms with Crippen LogP contribution in [0.2, 0.25) is 0 Å². The fourth-order valence-electron chi connectivity index (χ4n) is 3.63. The molecule has 3 rings (SSSR count). The van der Waals surface area contributed by atoms with Crippen molar-refractivity contribution in [2.45, 2.75) is 78.2 Å². The highest BCUT2D eigenvalue weighted by Gasteiger charge is 2.33. The van der Waals surface area contributed by atoms with Crippen LogP contribution < -0.4 is 10.1 Å². The van der Waals surface area contributed by atoms with Gasteiger partial charge in [0.15, 0.2) is 6.04 Å². The number of nitrogens with one attached hydrogen (secondary N) is 1. The number of hydrogen-bond donors (Lipinski definition) is 1. The topological polar surface area (TPSA) is 105 Å². The van der Waals surface area contributed by atoms with Gasteiger partial charge in [-0.1, -0.05) is 13.8 Å². The number of carbonyl (C=O) groups excluding carboxylic acids is 2. The number of pyridine rings is 1. The molecule has 0 radical (unpaired) electrons. The molecule has 1 unspecified atom stereocenters. The van der Waals surface area contributed by atoms with Gasteiger partial charge in [0.05, 0.1) is 12.8 Å². The monoisotopic (exact) mass is 458 g/mol. The Balaban J connectivity index is 1.59. The van der Waals surface area contributed by atoms with E-state index in [9.17, 15) is 9.59 Å². The zero-order valence-electron chi connectivity index (χ0n) is 20.2. The molecule has 1 amide bonds. The van der Waals surface area contributed by atoms with Gasteiger partial charge < -0.3 is 19.5 Å². The van der Waals surface area contributed by atoms with E-state index >= 15 is 0 Å². The van der Waals surface area contributed by atoms with Crippen molar-refractivity contribution in [3.05, 3.63) is 30.7 Å². The van der Waals surface area contributed by atoms with Gasteiger partial charge in [0.25, 0.3) is 0 Å². The van der Waals surface area contributed by atoms with E-state index in [4.69, 9.17) is 14.2 Å². The summed E-state index contributed by atoms with van der Waals surface area (Å²) >= 11 is 0. The van der Waals surface area contributed by atoms with Crippen molar-refractivity contribution < 1.29 is 23.8 Å². The van der Waals surface area contributed by atoms with E-state index in [2.05, 4.69) is 15.4 Å². The first-order chi connectivity index (χ1) is 15.6. The first kappa shape index (κ1) is 24.5. The molecule has 1 fully saturated rings. The van der Waals surface area contributed by atoms with Crippen LogP contribution in [0.25, 0.3) is 11.1 Å². The molecule has 0 spiro atoms. The molecule has 180 valence electrons. The van der Waals surface area contributed by atoms with E-state index in [1.807, 2.05) is 52.9 Å². The lowest BCUT2D eigenvalue weighted by Crippen LogP contribution is -2.50. The van der Waals surface area contributed by atoms with Crippen molar-refractivity contribution >= 4 is 12.1 Å². The summed E-state index contributed by atoms with van der Waals surface area (Å²) in [5, 5.41) is 7.26. The standard InChI is InChI=1S/C24H34N4O5/c1-7-31-22(29)21(15(2)3)28-14-17(13-26-28)16-8-9-25-20(10-16)32-19-11-18(12-19)27-23(30)33-24(4,5)6/h8-10,13-15,18-19,21H,7,11-12H2,1-6H3,(H,27,30)/t18-,19+,21?. The van der Waals surface area contributed by atoms with Crippen molar-refractivity contribution in [3.8, 4) is 17.0 Å². The van der Waals surface area contributed by atoms with E-state index in [1.54, 1.807) is 24.0 Å². The average Bonchev–Trinajstić information content (AvgIpc) is 3.14. The third-order valence-corrected chi connectivity index (χ3v) is 5.22. The molecule has 2 aromatic heterocycles. The van der Waals surface area contributed by atoms with Crippen LogP contribution in [0.1, 0.15) is 60.4 Å². The van der Waals surface area contributed by atoms with Crippen molar-refractivity contribution in [2.24, 2.45) is 5.92 Å². The average molecular weight is 459 g/mol. The van der Waals surface area contributed by atoms with Crippen LogP contribution in [0.4, 0.5) is 4.79 Å². The molecule has 1 saturated carbocycles. The summed E-state index contributed by atoms with van der Waals surface area (Å²) in [6, 6.07) is 3.27. The van der Waals surface area contributed by atoms with Gasteiger partial charge in [-0.25, -0.2) is 14.6 Å². The van der Waals surface area contributed by atoms with E-state index in [-0.39, 0.29) is 24.0 Å². The van der Waals surface area contributed by atoms with Gasteiger partial charge in [0.2, 0.25) is 5.88 Å². The maximum absolute atomic E-state index is 12.4. The maximum Gasteiger partial charge on any atom is 0.407 e. The Morgan fingerprint density at radius 2 is 1.97 bits per heavy atom. The fraction of sp³-hybridized carbons (Fsp3) is 0.583. The Morgan fingerprint density at radius 3 is 2.61 bits per heavy atom. The van der Waals surface area contributed by atoms with Crippen molar-refractivity contribution in [1.82, 2.24) is 20.1 Å².